The van der Waals surface area contributed by atoms with Crippen molar-refractivity contribution < 1.29 is 17.9 Å². The van der Waals surface area contributed by atoms with E-state index < -0.39 is 16.1 Å². The standard InChI is InChI=1S/C24H28N2O4S/c1-3-16-7-10-19(11-8-16)31(28,29)26-21-5-4-6-22(26)24(27)25-14-13-17-15-18(30-2)9-12-20(17)23(21)25/h7-12,15,21-23H,3-6,13-14H2,1-2H3. The van der Waals surface area contributed by atoms with Crippen molar-refractivity contribution in [3.05, 3.63) is 59.2 Å². The van der Waals surface area contributed by atoms with Crippen molar-refractivity contribution in [1.29, 1.82) is 0 Å². The van der Waals surface area contributed by atoms with Gasteiger partial charge >= 0.3 is 0 Å². The number of carbonyl (C=O) groups excluding carboxylic acids is 1. The van der Waals surface area contributed by atoms with Crippen LogP contribution in [-0.2, 0) is 27.7 Å². The highest BCUT2D eigenvalue weighted by molar-refractivity contribution is 7.89. The van der Waals surface area contributed by atoms with Gasteiger partial charge in [-0.15, -0.1) is 0 Å². The number of hydrogen-bond donors (Lipinski definition) is 0. The molecule has 0 spiro atoms. The van der Waals surface area contributed by atoms with Crippen molar-refractivity contribution in [1.82, 2.24) is 9.21 Å². The molecule has 5 rings (SSSR count). The normalized spacial score (nSPS) is 25.7. The minimum Gasteiger partial charge on any atom is -0.497 e. The molecule has 2 fully saturated rings. The maximum absolute atomic E-state index is 13.8. The Labute approximate surface area is 183 Å². The third-order valence-electron chi connectivity index (χ3n) is 7.08. The summed E-state index contributed by atoms with van der Waals surface area (Å²) in [7, 11) is -2.14. The second kappa shape index (κ2) is 7.64. The van der Waals surface area contributed by atoms with Crippen LogP contribution in [0, 0.1) is 0 Å². The van der Waals surface area contributed by atoms with Gasteiger partial charge in [-0.25, -0.2) is 8.42 Å². The molecule has 164 valence electrons. The Balaban J connectivity index is 1.60. The van der Waals surface area contributed by atoms with Crippen LogP contribution in [-0.4, -0.2) is 49.3 Å². The molecule has 3 unspecified atom stereocenters. The van der Waals surface area contributed by atoms with Crippen LogP contribution in [0.1, 0.15) is 48.9 Å². The van der Waals surface area contributed by atoms with Crippen LogP contribution in [0.5, 0.6) is 5.75 Å². The summed E-state index contributed by atoms with van der Waals surface area (Å²) < 4.78 is 34.5. The summed E-state index contributed by atoms with van der Waals surface area (Å²) in [5.41, 5.74) is 3.28. The van der Waals surface area contributed by atoms with Crippen molar-refractivity contribution in [2.24, 2.45) is 0 Å². The van der Waals surface area contributed by atoms with Crippen molar-refractivity contribution in [3.63, 3.8) is 0 Å². The largest absolute Gasteiger partial charge is 0.497 e. The van der Waals surface area contributed by atoms with Crippen LogP contribution in [0.15, 0.2) is 47.4 Å². The Morgan fingerprint density at radius 3 is 2.58 bits per heavy atom. The first-order chi connectivity index (χ1) is 15.0. The molecule has 0 N–H and O–H groups in total. The maximum Gasteiger partial charge on any atom is 0.244 e. The minimum atomic E-state index is -3.78. The molecule has 3 atom stereocenters. The van der Waals surface area contributed by atoms with E-state index in [2.05, 4.69) is 0 Å². The van der Waals surface area contributed by atoms with E-state index in [-0.39, 0.29) is 22.9 Å². The molecule has 3 heterocycles. The molecule has 0 aromatic heterocycles. The van der Waals surface area contributed by atoms with Crippen LogP contribution in [0.25, 0.3) is 0 Å². The summed E-state index contributed by atoms with van der Waals surface area (Å²) in [6.07, 6.45) is 3.81. The van der Waals surface area contributed by atoms with Gasteiger partial charge in [-0.3, -0.25) is 4.79 Å². The third kappa shape index (κ3) is 3.17. The Morgan fingerprint density at radius 2 is 1.87 bits per heavy atom. The Hall–Kier alpha value is -2.38. The number of fused-ring (bicyclic) bond motifs is 6. The first-order valence-electron chi connectivity index (χ1n) is 11.1. The number of sulfonamides is 1. The van der Waals surface area contributed by atoms with Gasteiger partial charge in [0.15, 0.2) is 0 Å². The highest BCUT2D eigenvalue weighted by Gasteiger charge is 2.55. The molecule has 6 nitrogen and oxygen atoms in total. The van der Waals surface area contributed by atoms with Gasteiger partial charge in [0, 0.05) is 6.54 Å². The van der Waals surface area contributed by atoms with Crippen molar-refractivity contribution in [3.8, 4) is 5.75 Å². The Morgan fingerprint density at radius 1 is 1.10 bits per heavy atom. The number of aryl methyl sites for hydroxylation is 1. The zero-order valence-corrected chi connectivity index (χ0v) is 18.8. The highest BCUT2D eigenvalue weighted by atomic mass is 32.2. The van der Waals surface area contributed by atoms with Gasteiger partial charge in [0.25, 0.3) is 0 Å². The average molecular weight is 441 g/mol. The second-order valence-corrected chi connectivity index (χ2v) is 10.5. The number of methoxy groups -OCH3 is 1. The third-order valence-corrected chi connectivity index (χ3v) is 9.03. The molecule has 0 saturated carbocycles. The molecule has 1 amide bonds. The number of hydrogen-bond acceptors (Lipinski definition) is 4. The van der Waals surface area contributed by atoms with E-state index in [1.165, 1.54) is 0 Å². The molecular weight excluding hydrogens is 412 g/mol. The molecule has 3 aliphatic heterocycles. The maximum atomic E-state index is 13.8. The van der Waals surface area contributed by atoms with E-state index in [0.717, 1.165) is 48.1 Å². The summed E-state index contributed by atoms with van der Waals surface area (Å²) in [6, 6.07) is 11.9. The van der Waals surface area contributed by atoms with Crippen LogP contribution in [0.3, 0.4) is 0 Å². The molecule has 2 bridgehead atoms. The molecule has 0 aliphatic carbocycles. The van der Waals surface area contributed by atoms with Gasteiger partial charge in [0.2, 0.25) is 15.9 Å². The van der Waals surface area contributed by atoms with Gasteiger partial charge in [-0.05, 0) is 73.1 Å². The van der Waals surface area contributed by atoms with E-state index in [9.17, 15) is 13.2 Å². The molecule has 31 heavy (non-hydrogen) atoms. The van der Waals surface area contributed by atoms with Gasteiger partial charge in [-0.1, -0.05) is 25.1 Å². The number of carbonyl (C=O) groups is 1. The summed E-state index contributed by atoms with van der Waals surface area (Å²) in [5, 5.41) is 0. The lowest BCUT2D eigenvalue weighted by Crippen LogP contribution is -2.67. The lowest BCUT2D eigenvalue weighted by molar-refractivity contribution is -0.150. The Bertz CT molecular complexity index is 1110. The first-order valence-corrected chi connectivity index (χ1v) is 12.5. The lowest BCUT2D eigenvalue weighted by atomic mass is 9.80. The van der Waals surface area contributed by atoms with Crippen molar-refractivity contribution in [2.45, 2.75) is 62.0 Å². The molecule has 7 heteroatoms. The van der Waals surface area contributed by atoms with E-state index >= 15 is 0 Å². The topological polar surface area (TPSA) is 66.9 Å². The van der Waals surface area contributed by atoms with E-state index in [4.69, 9.17) is 4.74 Å². The van der Waals surface area contributed by atoms with Crippen molar-refractivity contribution >= 4 is 15.9 Å². The SMILES string of the molecule is CCc1ccc(S(=O)(=O)N2C3CCCC2C2c4ccc(OC)cc4CCN2C3=O)cc1. The lowest BCUT2D eigenvalue weighted by Gasteiger charge is -2.54. The fraction of sp³-hybridized carbons (Fsp3) is 0.458. The molecule has 3 aliphatic rings. The monoisotopic (exact) mass is 440 g/mol. The van der Waals surface area contributed by atoms with Gasteiger partial charge in [0.05, 0.1) is 24.1 Å². The Kier molecular flexibility index (Phi) is 5.06. The predicted octanol–water partition coefficient (Wildman–Crippen LogP) is 3.31. The van der Waals surface area contributed by atoms with Gasteiger partial charge in [0.1, 0.15) is 11.8 Å². The highest BCUT2D eigenvalue weighted by Crippen LogP contribution is 2.46. The zero-order chi connectivity index (χ0) is 21.8. The fourth-order valence-corrected chi connectivity index (χ4v) is 7.35. The average Bonchev–Trinajstić information content (AvgIpc) is 2.81. The van der Waals surface area contributed by atoms with E-state index in [0.29, 0.717) is 13.0 Å². The summed E-state index contributed by atoms with van der Waals surface area (Å²) in [5.74, 6) is 0.729. The molecule has 0 radical (unpaired) electrons. The number of piperazine rings is 1. The van der Waals surface area contributed by atoms with Crippen LogP contribution < -0.4 is 4.74 Å². The van der Waals surface area contributed by atoms with Crippen LogP contribution in [0.2, 0.25) is 0 Å². The number of piperidine rings is 1. The van der Waals surface area contributed by atoms with Crippen LogP contribution >= 0.6 is 0 Å². The van der Waals surface area contributed by atoms with E-state index in [1.807, 2.05) is 42.2 Å². The smallest absolute Gasteiger partial charge is 0.244 e. The van der Waals surface area contributed by atoms with E-state index in [1.54, 1.807) is 23.5 Å². The fourth-order valence-electron chi connectivity index (χ4n) is 5.52. The summed E-state index contributed by atoms with van der Waals surface area (Å²) >= 11 is 0. The molecule has 2 aromatic rings. The predicted molar refractivity (Wildman–Crippen MR) is 117 cm³/mol. The molecule has 2 aromatic carbocycles. The van der Waals surface area contributed by atoms with Crippen molar-refractivity contribution in [2.75, 3.05) is 13.7 Å². The minimum absolute atomic E-state index is 0.0591. The second-order valence-electron chi connectivity index (χ2n) is 8.64. The van der Waals surface area contributed by atoms with Gasteiger partial charge < -0.3 is 9.64 Å². The molecule has 2 saturated heterocycles. The number of rotatable bonds is 4. The summed E-state index contributed by atoms with van der Waals surface area (Å²) in [4.78, 5) is 15.7. The quantitative estimate of drug-likeness (QED) is 0.732. The number of benzene rings is 2. The zero-order valence-electron chi connectivity index (χ0n) is 18.0. The molecular formula is C24H28N2O4S. The van der Waals surface area contributed by atoms with Gasteiger partial charge in [-0.2, -0.15) is 4.31 Å². The summed E-state index contributed by atoms with van der Waals surface area (Å²) in [6.45, 7) is 2.66. The first kappa shape index (κ1) is 20.5. The van der Waals surface area contributed by atoms with Crippen LogP contribution in [0.4, 0.5) is 0 Å². The number of amides is 1. The number of ether oxygens (including phenoxy) is 1. The number of nitrogens with zero attached hydrogens (tertiary/aromatic N) is 2.